The number of aryl methyl sites for hydroxylation is 2. The molecule has 1 N–H and O–H groups in total. The summed E-state index contributed by atoms with van der Waals surface area (Å²) in [7, 11) is 0. The smallest absolute Gasteiger partial charge is 0.273 e. The largest absolute Gasteiger partial charge is 0.325 e. The van der Waals surface area contributed by atoms with Crippen molar-refractivity contribution in [1.82, 2.24) is 8.97 Å². The second-order valence-electron chi connectivity index (χ2n) is 10.2. The maximum atomic E-state index is 14.1. The maximum absolute atomic E-state index is 14.1. The summed E-state index contributed by atoms with van der Waals surface area (Å²) in [4.78, 5) is 14.1. The number of anilines is 1. The van der Waals surface area contributed by atoms with Gasteiger partial charge in [-0.25, -0.2) is 0 Å². The van der Waals surface area contributed by atoms with Gasteiger partial charge in [0.05, 0.1) is 15.7 Å². The van der Waals surface area contributed by atoms with E-state index in [1.807, 2.05) is 6.07 Å². The molecule has 6 heteroatoms. The highest BCUT2D eigenvalue weighted by atomic mass is 35.5. The van der Waals surface area contributed by atoms with Gasteiger partial charge in [0.1, 0.15) is 11.3 Å². The lowest BCUT2D eigenvalue weighted by Gasteiger charge is -2.12. The number of nitrogens with one attached hydrogen (secondary N) is 1. The molecule has 0 bridgehead atoms. The standard InChI is InChI=1S/C32H29Cl2N3O/c1-20(2)21-11-13-23(14-12-21)29-25-10-6-7-17-36-28(22-8-4-3-5-9-22)19-37(32(25)36)30(29)31(38)35-24-15-16-26(33)27(34)18-24/h3-5,8-9,11-16,18-20H,6-7,10,17H2,1-2H3,(H,35,38). The van der Waals surface area contributed by atoms with Crippen LogP contribution >= 0.6 is 23.2 Å². The Morgan fingerprint density at radius 1 is 0.895 bits per heavy atom. The summed E-state index contributed by atoms with van der Waals surface area (Å²) < 4.78 is 4.49. The molecule has 0 aliphatic carbocycles. The minimum Gasteiger partial charge on any atom is -0.325 e. The van der Waals surface area contributed by atoms with Gasteiger partial charge in [-0.15, -0.1) is 0 Å². The Kier molecular flexibility index (Phi) is 6.55. The predicted octanol–water partition coefficient (Wildman–Crippen LogP) is 9.09. The van der Waals surface area contributed by atoms with Crippen molar-refractivity contribution in [3.63, 3.8) is 0 Å². The number of imidazole rings is 1. The molecule has 0 saturated heterocycles. The van der Waals surface area contributed by atoms with Crippen molar-refractivity contribution < 1.29 is 4.79 Å². The molecule has 0 saturated carbocycles. The van der Waals surface area contributed by atoms with Gasteiger partial charge in [0, 0.05) is 29.6 Å². The third kappa shape index (κ3) is 4.32. The Balaban J connectivity index is 1.58. The molecule has 0 radical (unpaired) electrons. The lowest BCUT2D eigenvalue weighted by Crippen LogP contribution is -2.15. The number of nitrogens with zero attached hydrogens (tertiary/aromatic N) is 2. The minimum absolute atomic E-state index is 0.176. The third-order valence-corrected chi connectivity index (χ3v) is 8.20. The van der Waals surface area contributed by atoms with E-state index in [0.29, 0.717) is 27.3 Å². The summed E-state index contributed by atoms with van der Waals surface area (Å²) in [6.07, 6.45) is 5.20. The zero-order valence-electron chi connectivity index (χ0n) is 21.5. The number of benzene rings is 3. The van der Waals surface area contributed by atoms with Crippen molar-refractivity contribution in [2.24, 2.45) is 0 Å². The minimum atomic E-state index is -0.176. The Labute approximate surface area is 232 Å². The van der Waals surface area contributed by atoms with Gasteiger partial charge in [-0.05, 0) is 60.1 Å². The van der Waals surface area contributed by atoms with Crippen LogP contribution in [0, 0.1) is 0 Å². The summed E-state index contributed by atoms with van der Waals surface area (Å²) in [6, 6.07) is 24.2. The fourth-order valence-corrected chi connectivity index (χ4v) is 5.86. The number of rotatable bonds is 5. The maximum Gasteiger partial charge on any atom is 0.273 e. The number of carbonyl (C=O) groups excluding carboxylic acids is 1. The topological polar surface area (TPSA) is 38.4 Å². The van der Waals surface area contributed by atoms with Crippen LogP contribution in [0.25, 0.3) is 28.0 Å². The lowest BCUT2D eigenvalue weighted by atomic mass is 9.95. The monoisotopic (exact) mass is 541 g/mol. The first-order valence-electron chi connectivity index (χ1n) is 13.1. The second kappa shape index (κ2) is 10.0. The summed E-state index contributed by atoms with van der Waals surface area (Å²) in [5.74, 6) is 0.263. The Bertz CT molecular complexity index is 1650. The van der Waals surface area contributed by atoms with Gasteiger partial charge in [0.2, 0.25) is 0 Å². The van der Waals surface area contributed by atoms with Crippen molar-refractivity contribution >= 4 is 40.4 Å². The quantitative estimate of drug-likeness (QED) is 0.236. The zero-order valence-corrected chi connectivity index (χ0v) is 23.0. The Morgan fingerprint density at radius 2 is 1.66 bits per heavy atom. The average molecular weight is 543 g/mol. The highest BCUT2D eigenvalue weighted by molar-refractivity contribution is 6.42. The van der Waals surface area contributed by atoms with Gasteiger partial charge in [-0.3, -0.25) is 9.20 Å². The molecular formula is C32H29Cl2N3O. The predicted molar refractivity (Wildman–Crippen MR) is 158 cm³/mol. The summed E-state index contributed by atoms with van der Waals surface area (Å²) in [5.41, 5.74) is 9.17. The number of hydrogen-bond donors (Lipinski definition) is 1. The van der Waals surface area contributed by atoms with E-state index in [9.17, 15) is 4.79 Å². The van der Waals surface area contributed by atoms with Crippen LogP contribution in [0.1, 0.15) is 54.2 Å². The Hall–Kier alpha value is -3.47. The number of amides is 1. The van der Waals surface area contributed by atoms with Crippen LogP contribution in [0.5, 0.6) is 0 Å². The van der Waals surface area contributed by atoms with Gasteiger partial charge in [0.25, 0.3) is 5.91 Å². The average Bonchev–Trinajstić information content (AvgIpc) is 3.34. The number of halogens is 2. The number of aromatic nitrogens is 2. The van der Waals surface area contributed by atoms with Crippen LogP contribution in [-0.2, 0) is 13.0 Å². The highest BCUT2D eigenvalue weighted by Crippen LogP contribution is 2.40. The molecule has 0 atom stereocenters. The van der Waals surface area contributed by atoms with Gasteiger partial charge in [-0.1, -0.05) is 91.6 Å². The second-order valence-corrected chi connectivity index (χ2v) is 11.1. The fraction of sp³-hybridized carbons (Fsp3) is 0.219. The molecule has 0 unspecified atom stereocenters. The van der Waals surface area contributed by atoms with Crippen LogP contribution in [0.4, 0.5) is 5.69 Å². The lowest BCUT2D eigenvalue weighted by molar-refractivity contribution is 0.102. The molecule has 2 aromatic heterocycles. The van der Waals surface area contributed by atoms with E-state index < -0.39 is 0 Å². The summed E-state index contributed by atoms with van der Waals surface area (Å²) in [6.45, 7) is 5.30. The van der Waals surface area contributed by atoms with Crippen LogP contribution in [0.15, 0.2) is 79.0 Å². The first kappa shape index (κ1) is 24.8. The Morgan fingerprint density at radius 3 is 2.37 bits per heavy atom. The molecule has 6 rings (SSSR count). The fourth-order valence-electron chi connectivity index (χ4n) is 5.56. The molecule has 4 nitrogen and oxygen atoms in total. The van der Waals surface area contributed by atoms with E-state index in [2.05, 4.69) is 82.9 Å². The van der Waals surface area contributed by atoms with E-state index in [4.69, 9.17) is 23.2 Å². The molecule has 192 valence electrons. The van der Waals surface area contributed by atoms with Gasteiger partial charge in [-0.2, -0.15) is 0 Å². The number of carbonyl (C=O) groups is 1. The van der Waals surface area contributed by atoms with E-state index in [1.165, 1.54) is 11.1 Å². The van der Waals surface area contributed by atoms with E-state index in [0.717, 1.165) is 53.8 Å². The molecule has 1 aliphatic rings. The van der Waals surface area contributed by atoms with E-state index in [-0.39, 0.29) is 5.91 Å². The molecule has 0 spiro atoms. The van der Waals surface area contributed by atoms with E-state index in [1.54, 1.807) is 18.2 Å². The van der Waals surface area contributed by atoms with Crippen LogP contribution in [-0.4, -0.2) is 14.9 Å². The van der Waals surface area contributed by atoms with Gasteiger partial charge < -0.3 is 9.88 Å². The van der Waals surface area contributed by atoms with Crippen molar-refractivity contribution in [3.8, 4) is 22.4 Å². The van der Waals surface area contributed by atoms with Gasteiger partial charge in [0.15, 0.2) is 0 Å². The first-order chi connectivity index (χ1) is 18.4. The first-order valence-corrected chi connectivity index (χ1v) is 13.9. The van der Waals surface area contributed by atoms with Crippen LogP contribution in [0.2, 0.25) is 10.0 Å². The van der Waals surface area contributed by atoms with Crippen molar-refractivity contribution in [2.45, 2.75) is 45.6 Å². The van der Waals surface area contributed by atoms with Crippen LogP contribution in [0.3, 0.4) is 0 Å². The molecule has 0 fully saturated rings. The van der Waals surface area contributed by atoms with Crippen molar-refractivity contribution in [3.05, 3.63) is 106 Å². The molecule has 1 amide bonds. The van der Waals surface area contributed by atoms with Crippen molar-refractivity contribution in [1.29, 1.82) is 0 Å². The normalized spacial score (nSPS) is 13.2. The molecular weight excluding hydrogens is 513 g/mol. The summed E-state index contributed by atoms with van der Waals surface area (Å²) >= 11 is 12.4. The molecule has 38 heavy (non-hydrogen) atoms. The third-order valence-electron chi connectivity index (χ3n) is 7.46. The molecule has 3 heterocycles. The molecule has 3 aromatic carbocycles. The number of hydrogen-bond acceptors (Lipinski definition) is 1. The zero-order chi connectivity index (χ0) is 26.4. The van der Waals surface area contributed by atoms with Crippen LogP contribution < -0.4 is 5.32 Å². The summed E-state index contributed by atoms with van der Waals surface area (Å²) in [5, 5.41) is 3.95. The SMILES string of the molecule is CC(C)c1ccc(-c2c3c4n(c(-c5ccccc5)cn4c2C(=O)Nc2ccc(Cl)c(Cl)c2)CCCC3)cc1. The van der Waals surface area contributed by atoms with Crippen molar-refractivity contribution in [2.75, 3.05) is 5.32 Å². The highest BCUT2D eigenvalue weighted by Gasteiger charge is 2.29. The van der Waals surface area contributed by atoms with Gasteiger partial charge >= 0.3 is 0 Å². The molecule has 5 aromatic rings. The molecule has 1 aliphatic heterocycles. The van der Waals surface area contributed by atoms with E-state index >= 15 is 0 Å².